The second-order valence-electron chi connectivity index (χ2n) is 4.43. The second kappa shape index (κ2) is 5.83. The molecule has 0 aromatic carbocycles. The number of fused-ring (bicyclic) bond motifs is 1. The molecule has 0 aliphatic heterocycles. The predicted molar refractivity (Wildman–Crippen MR) is 77.0 cm³/mol. The number of rotatable bonds is 3. The molecule has 21 heavy (non-hydrogen) atoms. The van der Waals surface area contributed by atoms with Crippen molar-refractivity contribution in [1.82, 2.24) is 0 Å². The van der Waals surface area contributed by atoms with Gasteiger partial charge in [0, 0.05) is 11.1 Å². The Morgan fingerprint density at radius 1 is 0.905 bits per heavy atom. The summed E-state index contributed by atoms with van der Waals surface area (Å²) in [7, 11) is 4.09. The van der Waals surface area contributed by atoms with E-state index in [-0.39, 0.29) is 11.1 Å². The number of ether oxygens (including phenoxy) is 3. The average molecular weight is 288 g/mol. The van der Waals surface area contributed by atoms with Crippen molar-refractivity contribution >= 4 is 11.9 Å². The minimum absolute atomic E-state index is 0.200. The number of carbonyl (C=O) groups is 2. The number of hydrogen-bond acceptors (Lipinski definition) is 5. The monoisotopic (exact) mass is 288 g/mol. The van der Waals surface area contributed by atoms with E-state index in [1.807, 2.05) is 0 Å². The summed E-state index contributed by atoms with van der Waals surface area (Å²) in [5, 5.41) is 0. The van der Waals surface area contributed by atoms with Gasteiger partial charge in [-0.1, -0.05) is 18.2 Å². The van der Waals surface area contributed by atoms with E-state index in [0.717, 1.165) is 0 Å². The van der Waals surface area contributed by atoms with Crippen molar-refractivity contribution in [2.75, 3.05) is 21.3 Å². The van der Waals surface area contributed by atoms with Crippen LogP contribution in [0.2, 0.25) is 0 Å². The van der Waals surface area contributed by atoms with E-state index >= 15 is 0 Å². The van der Waals surface area contributed by atoms with E-state index in [0.29, 0.717) is 22.4 Å². The zero-order chi connectivity index (χ0) is 15.6. The van der Waals surface area contributed by atoms with Crippen LogP contribution in [0.1, 0.15) is 26.3 Å². The van der Waals surface area contributed by atoms with Gasteiger partial charge in [-0.25, -0.2) is 9.59 Å². The number of methoxy groups -OCH3 is 3. The summed E-state index contributed by atoms with van der Waals surface area (Å²) in [5.74, 6) is -0.580. The van der Waals surface area contributed by atoms with E-state index in [9.17, 15) is 9.59 Å². The molecule has 0 saturated heterocycles. The first-order valence-corrected chi connectivity index (χ1v) is 6.32. The Balaban J connectivity index is 2.92. The second-order valence-corrected chi connectivity index (χ2v) is 4.43. The lowest BCUT2D eigenvalue weighted by Crippen LogP contribution is -2.10. The van der Waals surface area contributed by atoms with Crippen LogP contribution in [-0.4, -0.2) is 33.3 Å². The van der Waals surface area contributed by atoms with Gasteiger partial charge in [0.25, 0.3) is 0 Å². The lowest BCUT2D eigenvalue weighted by atomic mass is 10.1. The minimum Gasteiger partial charge on any atom is -0.496 e. The first kappa shape index (κ1) is 14.8. The molecule has 5 nitrogen and oxygen atoms in total. The fourth-order valence-electron chi connectivity index (χ4n) is 2.48. The van der Waals surface area contributed by atoms with E-state index in [4.69, 9.17) is 14.2 Å². The highest BCUT2D eigenvalue weighted by atomic mass is 16.5. The molecule has 0 N–H and O–H groups in total. The van der Waals surface area contributed by atoms with Gasteiger partial charge in [0.15, 0.2) is 0 Å². The molecular formula is C16H16O5. The number of carbonyl (C=O) groups excluding carboxylic acids is 2. The molecule has 0 amide bonds. The third kappa shape index (κ3) is 2.31. The largest absolute Gasteiger partial charge is 0.496 e. The van der Waals surface area contributed by atoms with Crippen LogP contribution in [0.3, 0.4) is 0 Å². The molecule has 0 aromatic heterocycles. The molecule has 110 valence electrons. The van der Waals surface area contributed by atoms with Crippen molar-refractivity contribution in [2.45, 2.75) is 6.92 Å². The summed E-state index contributed by atoms with van der Waals surface area (Å²) in [6.45, 7) is 1.75. The highest BCUT2D eigenvalue weighted by Gasteiger charge is 2.31. The Labute approximate surface area is 122 Å². The molecular weight excluding hydrogens is 272 g/mol. The normalized spacial score (nSPS) is 10.3. The molecule has 0 saturated carbocycles. The maximum absolute atomic E-state index is 12.1. The van der Waals surface area contributed by atoms with Gasteiger partial charge in [-0.15, -0.1) is 0 Å². The summed E-state index contributed by atoms with van der Waals surface area (Å²) in [6, 6.07) is 7.11. The molecule has 0 aromatic rings. The van der Waals surface area contributed by atoms with Crippen molar-refractivity contribution in [2.24, 2.45) is 0 Å². The lowest BCUT2D eigenvalue weighted by Gasteiger charge is -2.04. The maximum Gasteiger partial charge on any atom is 0.339 e. The molecule has 2 aliphatic rings. The van der Waals surface area contributed by atoms with Crippen molar-refractivity contribution in [3.63, 3.8) is 0 Å². The van der Waals surface area contributed by atoms with Gasteiger partial charge in [-0.2, -0.15) is 0 Å². The van der Waals surface area contributed by atoms with Gasteiger partial charge in [-0.3, -0.25) is 0 Å². The Morgan fingerprint density at radius 3 is 2.05 bits per heavy atom. The summed E-state index contributed by atoms with van der Waals surface area (Å²) < 4.78 is 15.0. The summed E-state index contributed by atoms with van der Waals surface area (Å²) in [6.07, 6.45) is 0. The molecule has 0 spiro atoms. The van der Waals surface area contributed by atoms with Crippen molar-refractivity contribution in [3.05, 3.63) is 41.0 Å². The van der Waals surface area contributed by atoms with Crippen LogP contribution in [0.15, 0.2) is 24.3 Å². The Hall–Kier alpha value is -2.56. The SMILES string of the molecule is COC(=O)c1c2ccccc(OC)c-2c(C)c1C(=O)OC. The molecule has 0 unspecified atom stereocenters. The maximum atomic E-state index is 12.1. The predicted octanol–water partition coefficient (Wildman–Crippen LogP) is 2.68. The highest BCUT2D eigenvalue weighted by Crippen LogP contribution is 2.42. The Kier molecular flexibility index (Phi) is 4.12. The van der Waals surface area contributed by atoms with Crippen LogP contribution in [0, 0.1) is 6.92 Å². The smallest absolute Gasteiger partial charge is 0.339 e. The molecule has 0 heterocycles. The molecule has 0 radical (unpaired) electrons. The third-order valence-corrected chi connectivity index (χ3v) is 3.41. The van der Waals surface area contributed by atoms with Gasteiger partial charge in [0.1, 0.15) is 5.75 Å². The standard InChI is InChI=1S/C16H16O5/c1-9-12-10(7-5-6-8-11(12)19-2)14(16(18)21-4)13(9)15(17)20-3/h5-8H,1-4H3. The molecule has 2 aliphatic carbocycles. The zero-order valence-electron chi connectivity index (χ0n) is 12.4. The topological polar surface area (TPSA) is 61.8 Å². The van der Waals surface area contributed by atoms with Crippen LogP contribution in [-0.2, 0) is 9.47 Å². The minimum atomic E-state index is -0.582. The fraction of sp³-hybridized carbons (Fsp3) is 0.250. The highest BCUT2D eigenvalue weighted by molar-refractivity contribution is 6.12. The molecule has 2 rings (SSSR count). The molecule has 0 bridgehead atoms. The zero-order valence-corrected chi connectivity index (χ0v) is 12.4. The summed E-state index contributed by atoms with van der Waals surface area (Å²) >= 11 is 0. The fourth-order valence-corrected chi connectivity index (χ4v) is 2.48. The van der Waals surface area contributed by atoms with E-state index in [1.54, 1.807) is 31.2 Å². The summed E-state index contributed by atoms with van der Waals surface area (Å²) in [5.41, 5.74) is 2.34. The van der Waals surface area contributed by atoms with Gasteiger partial charge >= 0.3 is 11.9 Å². The average Bonchev–Trinajstić information content (AvgIpc) is 2.66. The van der Waals surface area contributed by atoms with Gasteiger partial charge < -0.3 is 14.2 Å². The third-order valence-electron chi connectivity index (χ3n) is 3.41. The van der Waals surface area contributed by atoms with Crippen LogP contribution in [0.4, 0.5) is 0 Å². The number of hydrogen-bond donors (Lipinski definition) is 0. The van der Waals surface area contributed by atoms with Crippen LogP contribution in [0.5, 0.6) is 5.75 Å². The van der Waals surface area contributed by atoms with Gasteiger partial charge in [-0.05, 0) is 18.6 Å². The van der Waals surface area contributed by atoms with Crippen molar-refractivity contribution in [1.29, 1.82) is 0 Å². The quantitative estimate of drug-likeness (QED) is 0.813. The lowest BCUT2D eigenvalue weighted by molar-refractivity contribution is 0.0556. The van der Waals surface area contributed by atoms with E-state index in [1.165, 1.54) is 21.3 Å². The van der Waals surface area contributed by atoms with Crippen LogP contribution >= 0.6 is 0 Å². The molecule has 0 fully saturated rings. The first-order chi connectivity index (χ1) is 10.1. The number of esters is 2. The Bertz CT molecular complexity index is 675. The van der Waals surface area contributed by atoms with Crippen LogP contribution < -0.4 is 4.74 Å². The molecule has 5 heteroatoms. The Morgan fingerprint density at radius 2 is 1.48 bits per heavy atom. The molecule has 0 atom stereocenters. The van der Waals surface area contributed by atoms with Crippen molar-refractivity contribution < 1.29 is 23.8 Å². The van der Waals surface area contributed by atoms with E-state index in [2.05, 4.69) is 0 Å². The van der Waals surface area contributed by atoms with Gasteiger partial charge in [0.2, 0.25) is 0 Å². The van der Waals surface area contributed by atoms with Gasteiger partial charge in [0.05, 0.1) is 32.5 Å². The first-order valence-electron chi connectivity index (χ1n) is 6.32. The van der Waals surface area contributed by atoms with Crippen molar-refractivity contribution in [3.8, 4) is 16.9 Å². The van der Waals surface area contributed by atoms with E-state index < -0.39 is 11.9 Å². The summed E-state index contributed by atoms with van der Waals surface area (Å²) in [4.78, 5) is 24.2. The van der Waals surface area contributed by atoms with Crippen LogP contribution in [0.25, 0.3) is 11.1 Å².